The fourth-order valence-corrected chi connectivity index (χ4v) is 3.07. The summed E-state index contributed by atoms with van der Waals surface area (Å²) in [6, 6.07) is 7.82. The lowest BCUT2D eigenvalue weighted by Crippen LogP contribution is -2.42. The van der Waals surface area contributed by atoms with Crippen LogP contribution in [0.5, 0.6) is 0 Å². The SMILES string of the molecule is O=C(N1CCc2cc3ccc(Br)cc3n2CC1)C(F)(F)F. The second-order valence-electron chi connectivity index (χ2n) is 5.03. The Morgan fingerprint density at radius 1 is 1.14 bits per heavy atom. The first kappa shape index (κ1) is 14.4. The van der Waals surface area contributed by atoms with Crippen LogP contribution in [0.4, 0.5) is 13.2 Å². The number of benzene rings is 1. The number of carbonyl (C=O) groups excluding carboxylic acids is 1. The molecule has 0 fully saturated rings. The summed E-state index contributed by atoms with van der Waals surface area (Å²) >= 11 is 3.40. The first-order valence-corrected chi connectivity index (χ1v) is 7.29. The predicted octanol–water partition coefficient (Wildman–Crippen LogP) is 3.35. The van der Waals surface area contributed by atoms with Gasteiger partial charge in [0.15, 0.2) is 0 Å². The zero-order chi connectivity index (χ0) is 15.2. The van der Waals surface area contributed by atoms with Crippen molar-refractivity contribution in [2.24, 2.45) is 0 Å². The fraction of sp³-hybridized carbons (Fsp3) is 0.357. The second-order valence-corrected chi connectivity index (χ2v) is 5.95. The van der Waals surface area contributed by atoms with Crippen LogP contribution in [0.15, 0.2) is 28.7 Å². The van der Waals surface area contributed by atoms with E-state index in [4.69, 9.17) is 0 Å². The van der Waals surface area contributed by atoms with E-state index in [0.717, 1.165) is 26.0 Å². The van der Waals surface area contributed by atoms with Gasteiger partial charge in [-0.25, -0.2) is 0 Å². The molecule has 0 radical (unpaired) electrons. The van der Waals surface area contributed by atoms with Crippen LogP contribution in [-0.2, 0) is 17.8 Å². The lowest BCUT2D eigenvalue weighted by Gasteiger charge is -2.21. The maximum Gasteiger partial charge on any atom is 0.471 e. The molecule has 0 atom stereocenters. The van der Waals surface area contributed by atoms with Gasteiger partial charge in [0, 0.05) is 41.7 Å². The number of aromatic nitrogens is 1. The van der Waals surface area contributed by atoms with Gasteiger partial charge in [-0.3, -0.25) is 4.79 Å². The number of amides is 1. The van der Waals surface area contributed by atoms with Gasteiger partial charge in [-0.15, -0.1) is 0 Å². The molecule has 1 aliphatic rings. The predicted molar refractivity (Wildman–Crippen MR) is 76.0 cm³/mol. The first-order chi connectivity index (χ1) is 9.86. The van der Waals surface area contributed by atoms with Crippen molar-refractivity contribution in [3.63, 3.8) is 0 Å². The van der Waals surface area contributed by atoms with E-state index >= 15 is 0 Å². The van der Waals surface area contributed by atoms with Crippen molar-refractivity contribution in [1.82, 2.24) is 9.47 Å². The number of alkyl halides is 3. The van der Waals surface area contributed by atoms with Gasteiger partial charge in [0.1, 0.15) is 0 Å². The molecule has 3 rings (SSSR count). The molecule has 0 saturated heterocycles. The zero-order valence-corrected chi connectivity index (χ0v) is 12.5. The molecule has 0 saturated carbocycles. The molecule has 1 aromatic heterocycles. The maximum atomic E-state index is 12.5. The molecule has 0 N–H and O–H groups in total. The van der Waals surface area contributed by atoms with E-state index in [0.29, 0.717) is 13.0 Å². The van der Waals surface area contributed by atoms with Crippen molar-refractivity contribution < 1.29 is 18.0 Å². The molecule has 112 valence electrons. The van der Waals surface area contributed by atoms with Gasteiger partial charge in [-0.1, -0.05) is 22.0 Å². The molecule has 1 aliphatic heterocycles. The Morgan fingerprint density at radius 3 is 2.62 bits per heavy atom. The van der Waals surface area contributed by atoms with Crippen LogP contribution in [0.25, 0.3) is 10.9 Å². The van der Waals surface area contributed by atoms with Gasteiger partial charge in [0.25, 0.3) is 0 Å². The van der Waals surface area contributed by atoms with Gasteiger partial charge in [0.05, 0.1) is 0 Å². The molecular formula is C14H12BrF3N2O. The third-order valence-corrected chi connectivity index (χ3v) is 4.21. The van der Waals surface area contributed by atoms with E-state index in [1.165, 1.54) is 0 Å². The van der Waals surface area contributed by atoms with Crippen molar-refractivity contribution in [2.45, 2.75) is 19.1 Å². The molecule has 0 unspecified atom stereocenters. The van der Waals surface area contributed by atoms with Crippen molar-refractivity contribution in [2.75, 3.05) is 13.1 Å². The molecule has 1 amide bonds. The van der Waals surface area contributed by atoms with Crippen LogP contribution in [0.1, 0.15) is 5.69 Å². The Bertz CT molecular complexity index is 708. The van der Waals surface area contributed by atoms with Crippen molar-refractivity contribution >= 4 is 32.7 Å². The van der Waals surface area contributed by atoms with Crippen LogP contribution in [0.2, 0.25) is 0 Å². The van der Waals surface area contributed by atoms with E-state index in [1.807, 2.05) is 28.8 Å². The third kappa shape index (κ3) is 2.66. The largest absolute Gasteiger partial charge is 0.471 e. The molecule has 2 heterocycles. The van der Waals surface area contributed by atoms with Gasteiger partial charge in [-0.05, 0) is 23.6 Å². The quantitative estimate of drug-likeness (QED) is 0.707. The van der Waals surface area contributed by atoms with Crippen molar-refractivity contribution in [3.8, 4) is 0 Å². The maximum absolute atomic E-state index is 12.5. The van der Waals surface area contributed by atoms with Crippen LogP contribution < -0.4 is 0 Å². The minimum absolute atomic E-state index is 0.0711. The van der Waals surface area contributed by atoms with Crippen LogP contribution in [0, 0.1) is 0 Å². The highest BCUT2D eigenvalue weighted by atomic mass is 79.9. The molecule has 3 nitrogen and oxygen atoms in total. The number of carbonyl (C=O) groups is 1. The number of hydrogen-bond donors (Lipinski definition) is 0. The Hall–Kier alpha value is -1.50. The van der Waals surface area contributed by atoms with Crippen molar-refractivity contribution in [3.05, 3.63) is 34.4 Å². The molecule has 0 aliphatic carbocycles. The molecule has 0 bridgehead atoms. The Labute approximate surface area is 127 Å². The van der Waals surface area contributed by atoms with Crippen LogP contribution in [-0.4, -0.2) is 34.6 Å². The monoisotopic (exact) mass is 360 g/mol. The van der Waals surface area contributed by atoms with Crippen molar-refractivity contribution in [1.29, 1.82) is 0 Å². The molecule has 21 heavy (non-hydrogen) atoms. The summed E-state index contributed by atoms with van der Waals surface area (Å²) in [5, 5.41) is 1.06. The fourth-order valence-electron chi connectivity index (χ4n) is 2.72. The first-order valence-electron chi connectivity index (χ1n) is 6.50. The highest BCUT2D eigenvalue weighted by molar-refractivity contribution is 9.10. The van der Waals surface area contributed by atoms with Gasteiger partial charge in [-0.2, -0.15) is 13.2 Å². The summed E-state index contributed by atoms with van der Waals surface area (Å²) in [6.07, 6.45) is -4.38. The Balaban J connectivity index is 1.90. The topological polar surface area (TPSA) is 25.2 Å². The average molecular weight is 361 g/mol. The number of rotatable bonds is 0. The minimum atomic E-state index is -4.80. The minimum Gasteiger partial charge on any atom is -0.343 e. The van der Waals surface area contributed by atoms with Crippen LogP contribution in [0.3, 0.4) is 0 Å². The van der Waals surface area contributed by atoms with E-state index in [2.05, 4.69) is 15.9 Å². The highest BCUT2D eigenvalue weighted by Crippen LogP contribution is 2.27. The summed E-state index contributed by atoms with van der Waals surface area (Å²) in [6.45, 7) is 0.536. The molecular weight excluding hydrogens is 349 g/mol. The van der Waals surface area contributed by atoms with Gasteiger partial charge in [0.2, 0.25) is 0 Å². The number of fused-ring (bicyclic) bond motifs is 3. The summed E-state index contributed by atoms with van der Waals surface area (Å²) in [5.41, 5.74) is 1.93. The molecule has 1 aromatic carbocycles. The van der Waals surface area contributed by atoms with Gasteiger partial charge >= 0.3 is 12.1 Å². The molecule has 0 spiro atoms. The third-order valence-electron chi connectivity index (χ3n) is 3.71. The molecule has 2 aromatic rings. The summed E-state index contributed by atoms with van der Waals surface area (Å²) in [4.78, 5) is 12.2. The summed E-state index contributed by atoms with van der Waals surface area (Å²) in [5.74, 6) is -1.75. The normalized spacial score (nSPS) is 15.9. The summed E-state index contributed by atoms with van der Waals surface area (Å²) in [7, 11) is 0. The van der Waals surface area contributed by atoms with E-state index in [9.17, 15) is 18.0 Å². The molecule has 7 heteroatoms. The number of nitrogens with zero attached hydrogens (tertiary/aromatic N) is 2. The van der Waals surface area contributed by atoms with E-state index in [1.54, 1.807) is 0 Å². The summed E-state index contributed by atoms with van der Waals surface area (Å²) < 4.78 is 40.5. The van der Waals surface area contributed by atoms with Crippen LogP contribution >= 0.6 is 15.9 Å². The smallest absolute Gasteiger partial charge is 0.343 e. The average Bonchev–Trinajstić information content (AvgIpc) is 2.62. The van der Waals surface area contributed by atoms with E-state index in [-0.39, 0.29) is 13.1 Å². The van der Waals surface area contributed by atoms with E-state index < -0.39 is 12.1 Å². The zero-order valence-electron chi connectivity index (χ0n) is 11.0. The second kappa shape index (κ2) is 5.05. The lowest BCUT2D eigenvalue weighted by atomic mass is 10.2. The van der Waals surface area contributed by atoms with Gasteiger partial charge < -0.3 is 9.47 Å². The highest BCUT2D eigenvalue weighted by Gasteiger charge is 2.42. The Kier molecular flexibility index (Phi) is 3.47. The standard InChI is InChI=1S/C14H12BrF3N2O/c15-10-2-1-9-7-11-3-4-19(13(21)14(16,17)18)5-6-20(11)12(9)8-10/h1-2,7-8H,3-6H2. The number of hydrogen-bond acceptors (Lipinski definition) is 1. The number of halogens is 4. The lowest BCUT2D eigenvalue weighted by molar-refractivity contribution is -0.185. The Morgan fingerprint density at radius 2 is 1.90 bits per heavy atom.